The van der Waals surface area contributed by atoms with Gasteiger partial charge in [-0.1, -0.05) is 23.7 Å². The van der Waals surface area contributed by atoms with Gasteiger partial charge >= 0.3 is 5.91 Å². The number of aliphatic hydroxyl groups excluding tert-OH is 1. The SMILES string of the molecule is Cc1nc(N2C(=O)C(=O)/C(=C(/O)c3ccc(F)cc3)[C@@H]2c2cccc(Cl)c2)sc1C. The summed E-state index contributed by atoms with van der Waals surface area (Å²) < 4.78 is 13.3. The number of ketones is 1. The molecule has 1 aliphatic rings. The lowest BCUT2D eigenvalue weighted by molar-refractivity contribution is -0.132. The predicted octanol–water partition coefficient (Wildman–Crippen LogP) is 5.18. The maximum absolute atomic E-state index is 13.3. The summed E-state index contributed by atoms with van der Waals surface area (Å²) in [6.07, 6.45) is 0. The van der Waals surface area contributed by atoms with Crippen molar-refractivity contribution in [2.75, 3.05) is 4.90 Å². The fraction of sp³-hybridized carbons (Fsp3) is 0.136. The third-order valence-electron chi connectivity index (χ3n) is 4.95. The molecule has 0 bridgehead atoms. The topological polar surface area (TPSA) is 70.5 Å². The number of nitrogens with zero attached hydrogens (tertiary/aromatic N) is 2. The third kappa shape index (κ3) is 3.40. The Hall–Kier alpha value is -3.03. The monoisotopic (exact) mass is 442 g/mol. The van der Waals surface area contributed by atoms with E-state index in [1.54, 1.807) is 24.3 Å². The van der Waals surface area contributed by atoms with Gasteiger partial charge in [-0.05, 0) is 55.8 Å². The van der Waals surface area contributed by atoms with Crippen molar-refractivity contribution >= 4 is 45.5 Å². The van der Waals surface area contributed by atoms with Crippen molar-refractivity contribution in [1.82, 2.24) is 4.98 Å². The molecule has 1 fully saturated rings. The molecule has 2 aromatic carbocycles. The first kappa shape index (κ1) is 20.3. The van der Waals surface area contributed by atoms with Crippen LogP contribution in [0.3, 0.4) is 0 Å². The predicted molar refractivity (Wildman–Crippen MR) is 114 cm³/mol. The van der Waals surface area contributed by atoms with Crippen molar-refractivity contribution in [2.45, 2.75) is 19.9 Å². The molecule has 5 nitrogen and oxygen atoms in total. The van der Waals surface area contributed by atoms with Crippen molar-refractivity contribution in [3.05, 3.63) is 86.6 Å². The highest BCUT2D eigenvalue weighted by molar-refractivity contribution is 7.16. The van der Waals surface area contributed by atoms with Crippen LogP contribution in [0, 0.1) is 19.7 Å². The number of aromatic nitrogens is 1. The van der Waals surface area contributed by atoms with Crippen LogP contribution >= 0.6 is 22.9 Å². The van der Waals surface area contributed by atoms with E-state index in [-0.39, 0.29) is 16.9 Å². The molecule has 1 N–H and O–H groups in total. The molecule has 1 atom stereocenters. The summed E-state index contributed by atoms with van der Waals surface area (Å²) in [6, 6.07) is 10.9. The highest BCUT2D eigenvalue weighted by Gasteiger charge is 2.48. The fourth-order valence-corrected chi connectivity index (χ4v) is 4.48. The van der Waals surface area contributed by atoms with Crippen LogP contribution < -0.4 is 4.90 Å². The van der Waals surface area contributed by atoms with Gasteiger partial charge in [0.15, 0.2) is 5.13 Å². The minimum atomic E-state index is -0.918. The molecule has 0 aliphatic carbocycles. The Kier molecular flexibility index (Phi) is 5.17. The smallest absolute Gasteiger partial charge is 0.301 e. The van der Waals surface area contributed by atoms with Crippen LogP contribution in [0.15, 0.2) is 54.1 Å². The lowest BCUT2D eigenvalue weighted by Crippen LogP contribution is -2.29. The van der Waals surface area contributed by atoms with E-state index >= 15 is 0 Å². The largest absolute Gasteiger partial charge is 0.507 e. The second-order valence-electron chi connectivity index (χ2n) is 6.87. The summed E-state index contributed by atoms with van der Waals surface area (Å²) in [4.78, 5) is 32.6. The molecule has 1 amide bonds. The van der Waals surface area contributed by atoms with Crippen molar-refractivity contribution < 1.29 is 19.1 Å². The molecule has 152 valence electrons. The van der Waals surface area contributed by atoms with Crippen molar-refractivity contribution in [2.24, 2.45) is 0 Å². The third-order valence-corrected chi connectivity index (χ3v) is 6.26. The number of carbonyl (C=O) groups excluding carboxylic acids is 2. The number of amides is 1. The van der Waals surface area contributed by atoms with Crippen LogP contribution in [-0.2, 0) is 9.59 Å². The number of carbonyl (C=O) groups is 2. The van der Waals surface area contributed by atoms with Crippen LogP contribution in [0.25, 0.3) is 5.76 Å². The van der Waals surface area contributed by atoms with E-state index < -0.39 is 23.5 Å². The number of thiazole rings is 1. The maximum Gasteiger partial charge on any atom is 0.301 e. The van der Waals surface area contributed by atoms with E-state index in [1.807, 2.05) is 13.8 Å². The van der Waals surface area contributed by atoms with Gasteiger partial charge in [0, 0.05) is 15.5 Å². The molecule has 4 rings (SSSR count). The van der Waals surface area contributed by atoms with Crippen molar-refractivity contribution in [1.29, 1.82) is 0 Å². The first-order valence-corrected chi connectivity index (χ1v) is 10.2. The molecule has 1 saturated heterocycles. The van der Waals surface area contributed by atoms with Gasteiger partial charge in [0.2, 0.25) is 0 Å². The fourth-order valence-electron chi connectivity index (χ4n) is 3.34. The summed E-state index contributed by atoms with van der Waals surface area (Å²) in [5.41, 5.74) is 1.43. The molecule has 8 heteroatoms. The van der Waals surface area contributed by atoms with E-state index in [9.17, 15) is 19.1 Å². The minimum Gasteiger partial charge on any atom is -0.507 e. The normalized spacial score (nSPS) is 18.3. The van der Waals surface area contributed by atoms with Crippen LogP contribution in [-0.4, -0.2) is 21.8 Å². The molecule has 0 spiro atoms. The number of hydrogen-bond acceptors (Lipinski definition) is 5. The van der Waals surface area contributed by atoms with Gasteiger partial charge < -0.3 is 5.11 Å². The lowest BCUT2D eigenvalue weighted by Gasteiger charge is -2.23. The number of rotatable bonds is 3. The van der Waals surface area contributed by atoms with Gasteiger partial charge in [-0.3, -0.25) is 14.5 Å². The number of aliphatic hydroxyl groups is 1. The zero-order chi connectivity index (χ0) is 21.6. The van der Waals surface area contributed by atoms with Crippen molar-refractivity contribution in [3.8, 4) is 0 Å². The Morgan fingerprint density at radius 1 is 1.17 bits per heavy atom. The molecule has 0 radical (unpaired) electrons. The zero-order valence-corrected chi connectivity index (χ0v) is 17.6. The van der Waals surface area contributed by atoms with Crippen LogP contribution in [0.1, 0.15) is 27.7 Å². The second-order valence-corrected chi connectivity index (χ2v) is 8.49. The molecule has 0 saturated carbocycles. The lowest BCUT2D eigenvalue weighted by atomic mass is 9.95. The van der Waals surface area contributed by atoms with Gasteiger partial charge in [0.05, 0.1) is 17.3 Å². The quantitative estimate of drug-likeness (QED) is 0.344. The van der Waals surface area contributed by atoms with Crippen LogP contribution in [0.5, 0.6) is 0 Å². The van der Waals surface area contributed by atoms with Gasteiger partial charge in [0.1, 0.15) is 11.6 Å². The number of halogens is 2. The summed E-state index contributed by atoms with van der Waals surface area (Å²) in [5.74, 6) is -2.50. The molecule has 30 heavy (non-hydrogen) atoms. The standard InChI is InChI=1S/C22H16ClFN2O3S/c1-11-12(2)30-22(25-11)26-18(14-4-3-5-15(23)10-14)17(20(28)21(26)29)19(27)13-6-8-16(24)9-7-13/h3-10,18,27H,1-2H3/b19-17+/t18-/m0/s1. The molecule has 1 aliphatic heterocycles. The van der Waals surface area contributed by atoms with E-state index in [1.165, 1.54) is 40.5 Å². The highest BCUT2D eigenvalue weighted by atomic mass is 35.5. The average molecular weight is 443 g/mol. The zero-order valence-electron chi connectivity index (χ0n) is 16.0. The summed E-state index contributed by atoms with van der Waals surface area (Å²) in [7, 11) is 0. The van der Waals surface area contributed by atoms with Crippen LogP contribution in [0.2, 0.25) is 5.02 Å². The number of aryl methyl sites for hydroxylation is 2. The number of Topliss-reactive ketones (excluding diaryl/α,β-unsaturated/α-hetero) is 1. The molecule has 1 aromatic heterocycles. The number of hydrogen-bond donors (Lipinski definition) is 1. The number of benzene rings is 2. The first-order valence-electron chi connectivity index (χ1n) is 9.04. The molecule has 0 unspecified atom stereocenters. The summed E-state index contributed by atoms with van der Waals surface area (Å²) in [5, 5.41) is 11.7. The van der Waals surface area contributed by atoms with Gasteiger partial charge in [0.25, 0.3) is 5.78 Å². The molecule has 2 heterocycles. The number of anilines is 1. The minimum absolute atomic E-state index is 0.0978. The summed E-state index contributed by atoms with van der Waals surface area (Å²) in [6.45, 7) is 3.69. The first-order chi connectivity index (χ1) is 14.3. The van der Waals surface area contributed by atoms with E-state index in [0.717, 1.165) is 10.6 Å². The Labute approximate surface area is 181 Å². The maximum atomic E-state index is 13.3. The Bertz CT molecular complexity index is 1180. The van der Waals surface area contributed by atoms with Gasteiger partial charge in [-0.15, -0.1) is 11.3 Å². The van der Waals surface area contributed by atoms with E-state index in [0.29, 0.717) is 15.7 Å². The van der Waals surface area contributed by atoms with Crippen molar-refractivity contribution in [3.63, 3.8) is 0 Å². The average Bonchev–Trinajstić information content (AvgIpc) is 3.18. The van der Waals surface area contributed by atoms with Gasteiger partial charge in [-0.25, -0.2) is 9.37 Å². The Morgan fingerprint density at radius 3 is 2.47 bits per heavy atom. The van der Waals surface area contributed by atoms with Crippen LogP contribution in [0.4, 0.5) is 9.52 Å². The second kappa shape index (κ2) is 7.66. The molecule has 3 aromatic rings. The van der Waals surface area contributed by atoms with E-state index in [4.69, 9.17) is 11.6 Å². The molecular weight excluding hydrogens is 427 g/mol. The molecular formula is C22H16ClFN2O3S. The Balaban J connectivity index is 1.96. The Morgan fingerprint density at radius 2 is 1.87 bits per heavy atom. The highest BCUT2D eigenvalue weighted by Crippen LogP contribution is 2.44. The summed E-state index contributed by atoms with van der Waals surface area (Å²) >= 11 is 7.45. The van der Waals surface area contributed by atoms with E-state index in [2.05, 4.69) is 4.98 Å². The van der Waals surface area contributed by atoms with Gasteiger partial charge in [-0.2, -0.15) is 0 Å².